The quantitative estimate of drug-likeness (QED) is 0.445. The van der Waals surface area contributed by atoms with Gasteiger partial charge in [0, 0.05) is 43.2 Å². The van der Waals surface area contributed by atoms with E-state index in [2.05, 4.69) is 10.6 Å². The molecule has 1 fully saturated rings. The summed E-state index contributed by atoms with van der Waals surface area (Å²) in [6.45, 7) is 3.29. The fourth-order valence-electron chi connectivity index (χ4n) is 4.97. The standard InChI is InChI=1S/C27H30FN5O6/c1-3-30-25(37)31-20-8-9-21-18(13-20)10-11-27(21)24(36)33(26(38)39-27)15-23(35)32(16(2)12-22(29)34)14-17-4-6-19(28)7-5-17/h4-9,13,16H,3,10-12,14-15H2,1-2H3,(H2,29,34)(H2,30,31,37)/t16?,27-/m1/s1. The molecule has 2 atom stereocenters. The normalized spacial score (nSPS) is 18.5. The Labute approximate surface area is 224 Å². The molecule has 1 unspecified atom stereocenters. The molecule has 0 radical (unpaired) electrons. The number of carbonyl (C=O) groups excluding carboxylic acids is 5. The van der Waals surface area contributed by atoms with Gasteiger partial charge in [0.15, 0.2) is 0 Å². The molecule has 6 amide bonds. The number of hydrogen-bond donors (Lipinski definition) is 3. The summed E-state index contributed by atoms with van der Waals surface area (Å²) in [5.74, 6) is -2.33. The molecular weight excluding hydrogens is 509 g/mol. The lowest BCUT2D eigenvalue weighted by atomic mass is 9.94. The van der Waals surface area contributed by atoms with E-state index in [4.69, 9.17) is 10.5 Å². The molecule has 1 saturated heterocycles. The Hall–Kier alpha value is -4.48. The number of benzene rings is 2. The average molecular weight is 540 g/mol. The first kappa shape index (κ1) is 27.6. The zero-order valence-corrected chi connectivity index (χ0v) is 21.7. The van der Waals surface area contributed by atoms with E-state index in [-0.39, 0.29) is 25.4 Å². The van der Waals surface area contributed by atoms with Crippen LogP contribution in [0.25, 0.3) is 0 Å². The second kappa shape index (κ2) is 11.1. The molecule has 1 aliphatic heterocycles. The van der Waals surface area contributed by atoms with Crippen LogP contribution in [0.1, 0.15) is 43.4 Å². The highest BCUT2D eigenvalue weighted by Gasteiger charge is 2.58. The second-order valence-corrected chi connectivity index (χ2v) is 9.61. The largest absolute Gasteiger partial charge is 0.427 e. The average Bonchev–Trinajstić information content (AvgIpc) is 3.35. The van der Waals surface area contributed by atoms with Crippen molar-refractivity contribution < 1.29 is 33.1 Å². The minimum Gasteiger partial charge on any atom is -0.427 e. The van der Waals surface area contributed by atoms with Crippen LogP contribution in [0.15, 0.2) is 42.5 Å². The number of aryl methyl sites for hydroxylation is 1. The van der Waals surface area contributed by atoms with Gasteiger partial charge in [0.25, 0.3) is 5.91 Å². The Bertz CT molecular complexity index is 1320. The van der Waals surface area contributed by atoms with E-state index in [1.807, 2.05) is 0 Å². The minimum atomic E-state index is -1.56. The van der Waals surface area contributed by atoms with Crippen molar-refractivity contribution in [2.45, 2.75) is 51.3 Å². The van der Waals surface area contributed by atoms with E-state index >= 15 is 0 Å². The Balaban J connectivity index is 1.53. The van der Waals surface area contributed by atoms with Crippen molar-refractivity contribution >= 4 is 35.5 Å². The predicted molar refractivity (Wildman–Crippen MR) is 138 cm³/mol. The van der Waals surface area contributed by atoms with E-state index in [0.717, 1.165) is 10.5 Å². The summed E-state index contributed by atoms with van der Waals surface area (Å²) in [6.07, 6.45) is -0.475. The van der Waals surface area contributed by atoms with Gasteiger partial charge in [-0.3, -0.25) is 14.4 Å². The smallest absolute Gasteiger partial charge is 0.418 e. The number of rotatable bonds is 9. The zero-order chi connectivity index (χ0) is 28.3. The maximum atomic E-state index is 13.6. The lowest BCUT2D eigenvalue weighted by Crippen LogP contribution is -2.47. The highest BCUT2D eigenvalue weighted by Crippen LogP contribution is 2.46. The molecule has 4 rings (SSSR count). The molecule has 39 heavy (non-hydrogen) atoms. The van der Waals surface area contributed by atoms with Gasteiger partial charge in [0.1, 0.15) is 12.4 Å². The number of hydrogen-bond acceptors (Lipinski definition) is 6. The van der Waals surface area contributed by atoms with Gasteiger partial charge in [-0.05, 0) is 55.7 Å². The number of anilines is 1. The van der Waals surface area contributed by atoms with Crippen LogP contribution in [-0.4, -0.2) is 58.8 Å². The lowest BCUT2D eigenvalue weighted by Gasteiger charge is -2.30. The van der Waals surface area contributed by atoms with E-state index in [0.29, 0.717) is 29.8 Å². The van der Waals surface area contributed by atoms with E-state index in [9.17, 15) is 28.4 Å². The number of amides is 6. The summed E-state index contributed by atoms with van der Waals surface area (Å²) in [5.41, 5.74) is 6.14. The van der Waals surface area contributed by atoms with Crippen LogP contribution < -0.4 is 16.4 Å². The monoisotopic (exact) mass is 539 g/mol. The van der Waals surface area contributed by atoms with Gasteiger partial charge in [-0.2, -0.15) is 0 Å². The Morgan fingerprint density at radius 3 is 2.56 bits per heavy atom. The highest BCUT2D eigenvalue weighted by atomic mass is 19.1. The molecule has 1 aliphatic carbocycles. The van der Waals surface area contributed by atoms with E-state index < -0.39 is 47.8 Å². The molecule has 1 spiro atoms. The molecule has 4 N–H and O–H groups in total. The molecule has 2 aliphatic rings. The van der Waals surface area contributed by atoms with Gasteiger partial charge < -0.3 is 26.0 Å². The van der Waals surface area contributed by atoms with Crippen LogP contribution in [0, 0.1) is 5.82 Å². The van der Waals surface area contributed by atoms with Crippen LogP contribution in [0.3, 0.4) is 0 Å². The first-order chi connectivity index (χ1) is 18.5. The van der Waals surface area contributed by atoms with Gasteiger partial charge >= 0.3 is 12.1 Å². The number of ether oxygens (including phenoxy) is 1. The fraction of sp³-hybridized carbons (Fsp3) is 0.370. The number of carbonyl (C=O) groups is 5. The SMILES string of the molecule is CCNC(=O)Nc1ccc2c(c1)CC[C@@]21OC(=O)N(CC(=O)N(Cc2ccc(F)cc2)C(C)CC(N)=O)C1=O. The summed E-state index contributed by atoms with van der Waals surface area (Å²) in [6, 6.07) is 9.46. The number of nitrogens with one attached hydrogen (secondary N) is 2. The molecule has 2 aromatic carbocycles. The van der Waals surface area contributed by atoms with Crippen molar-refractivity contribution in [2.75, 3.05) is 18.4 Å². The fourth-order valence-corrected chi connectivity index (χ4v) is 4.97. The van der Waals surface area contributed by atoms with Crippen molar-refractivity contribution in [1.82, 2.24) is 15.1 Å². The first-order valence-corrected chi connectivity index (χ1v) is 12.6. The van der Waals surface area contributed by atoms with Crippen LogP contribution in [0.5, 0.6) is 0 Å². The van der Waals surface area contributed by atoms with Crippen LogP contribution in [0.2, 0.25) is 0 Å². The third kappa shape index (κ3) is 5.69. The van der Waals surface area contributed by atoms with Crippen LogP contribution >= 0.6 is 0 Å². The van der Waals surface area contributed by atoms with Gasteiger partial charge in [-0.25, -0.2) is 18.9 Å². The second-order valence-electron chi connectivity index (χ2n) is 9.61. The predicted octanol–water partition coefficient (Wildman–Crippen LogP) is 2.38. The molecular formula is C27H30FN5O6. The molecule has 206 valence electrons. The number of halogens is 1. The summed E-state index contributed by atoms with van der Waals surface area (Å²) in [4.78, 5) is 65.3. The van der Waals surface area contributed by atoms with E-state index in [1.165, 1.54) is 29.2 Å². The Morgan fingerprint density at radius 1 is 1.18 bits per heavy atom. The minimum absolute atomic E-state index is 0.0139. The number of nitrogens with zero attached hydrogens (tertiary/aromatic N) is 2. The molecule has 11 nitrogen and oxygen atoms in total. The van der Waals surface area contributed by atoms with Gasteiger partial charge in [-0.15, -0.1) is 0 Å². The van der Waals surface area contributed by atoms with Crippen molar-refractivity contribution in [1.29, 1.82) is 0 Å². The highest BCUT2D eigenvalue weighted by molar-refractivity contribution is 6.06. The van der Waals surface area contributed by atoms with Crippen LogP contribution in [-0.2, 0) is 37.7 Å². The Morgan fingerprint density at radius 2 is 1.90 bits per heavy atom. The summed E-state index contributed by atoms with van der Waals surface area (Å²) >= 11 is 0. The van der Waals surface area contributed by atoms with E-state index in [1.54, 1.807) is 32.0 Å². The summed E-state index contributed by atoms with van der Waals surface area (Å²) < 4.78 is 19.0. The van der Waals surface area contributed by atoms with Crippen molar-refractivity contribution in [2.24, 2.45) is 5.73 Å². The third-order valence-corrected chi connectivity index (χ3v) is 6.86. The number of urea groups is 1. The van der Waals surface area contributed by atoms with Gasteiger partial charge in [0.2, 0.25) is 17.4 Å². The summed E-state index contributed by atoms with van der Waals surface area (Å²) in [5, 5.41) is 5.34. The zero-order valence-electron chi connectivity index (χ0n) is 21.7. The van der Waals surface area contributed by atoms with Crippen molar-refractivity contribution in [3.63, 3.8) is 0 Å². The summed E-state index contributed by atoms with van der Waals surface area (Å²) in [7, 11) is 0. The maximum absolute atomic E-state index is 13.6. The molecule has 0 bridgehead atoms. The van der Waals surface area contributed by atoms with Crippen molar-refractivity contribution in [3.8, 4) is 0 Å². The molecule has 2 aromatic rings. The number of imide groups is 1. The first-order valence-electron chi connectivity index (χ1n) is 12.6. The number of fused-ring (bicyclic) bond motifs is 2. The molecule has 0 saturated carbocycles. The number of primary amides is 1. The lowest BCUT2D eigenvalue weighted by molar-refractivity contribution is -0.143. The van der Waals surface area contributed by atoms with Gasteiger partial charge in [-0.1, -0.05) is 18.2 Å². The van der Waals surface area contributed by atoms with Crippen LogP contribution in [0.4, 0.5) is 19.7 Å². The molecule has 0 aromatic heterocycles. The van der Waals surface area contributed by atoms with Crippen molar-refractivity contribution in [3.05, 3.63) is 65.0 Å². The molecule has 12 heteroatoms. The molecule has 1 heterocycles. The third-order valence-electron chi connectivity index (χ3n) is 6.86. The number of nitrogens with two attached hydrogens (primary N) is 1. The maximum Gasteiger partial charge on any atom is 0.418 e. The topological polar surface area (TPSA) is 151 Å². The Kier molecular flexibility index (Phi) is 7.84. The van der Waals surface area contributed by atoms with Gasteiger partial charge in [0.05, 0.1) is 0 Å².